The van der Waals surface area contributed by atoms with Gasteiger partial charge in [-0.2, -0.15) is 0 Å². The van der Waals surface area contributed by atoms with Gasteiger partial charge in [-0.3, -0.25) is 4.79 Å². The molecule has 1 amide bonds. The minimum absolute atomic E-state index is 0.0125. The molecular formula is C17H20N2O2. The van der Waals surface area contributed by atoms with Crippen LogP contribution in [0.2, 0.25) is 0 Å². The van der Waals surface area contributed by atoms with Crippen LogP contribution in [0.15, 0.2) is 42.6 Å². The molecule has 0 fully saturated rings. The first-order chi connectivity index (χ1) is 10.2. The Hall–Kier alpha value is -2.36. The number of rotatable bonds is 6. The average molecular weight is 284 g/mol. The van der Waals surface area contributed by atoms with Gasteiger partial charge in [0.15, 0.2) is 0 Å². The molecule has 2 aromatic rings. The molecule has 21 heavy (non-hydrogen) atoms. The molecular weight excluding hydrogens is 264 g/mol. The predicted molar refractivity (Wildman–Crippen MR) is 83.6 cm³/mol. The number of nitrogens with one attached hydrogen (secondary N) is 1. The van der Waals surface area contributed by atoms with Gasteiger partial charge in [-0.05, 0) is 30.0 Å². The highest BCUT2D eigenvalue weighted by molar-refractivity contribution is 5.90. The highest BCUT2D eigenvalue weighted by atomic mass is 16.5. The number of amides is 1. The van der Waals surface area contributed by atoms with Gasteiger partial charge in [-0.25, -0.2) is 4.98 Å². The summed E-state index contributed by atoms with van der Waals surface area (Å²) in [5.41, 5.74) is 3.17. The smallest absolute Gasteiger partial charge is 0.224 e. The van der Waals surface area contributed by atoms with Crippen molar-refractivity contribution in [3.05, 3.63) is 53.7 Å². The molecule has 1 aromatic heterocycles. The summed E-state index contributed by atoms with van der Waals surface area (Å²) in [6, 6.07) is 11.9. The third-order valence-corrected chi connectivity index (χ3v) is 3.30. The number of hydrogen-bond acceptors (Lipinski definition) is 3. The third-order valence-electron chi connectivity index (χ3n) is 3.30. The van der Waals surface area contributed by atoms with Gasteiger partial charge in [0, 0.05) is 12.5 Å². The molecule has 0 radical (unpaired) electrons. The Balaban J connectivity index is 1.83. The van der Waals surface area contributed by atoms with E-state index in [1.165, 1.54) is 11.1 Å². The van der Waals surface area contributed by atoms with Crippen molar-refractivity contribution in [3.63, 3.8) is 0 Å². The van der Waals surface area contributed by atoms with E-state index < -0.39 is 0 Å². The highest BCUT2D eigenvalue weighted by Gasteiger charge is 2.04. The average Bonchev–Trinajstić information content (AvgIpc) is 2.54. The molecule has 0 bridgehead atoms. The second-order valence-corrected chi connectivity index (χ2v) is 4.81. The predicted octanol–water partition coefficient (Wildman–Crippen LogP) is 3.22. The van der Waals surface area contributed by atoms with E-state index in [0.717, 1.165) is 12.8 Å². The minimum Gasteiger partial charge on any atom is -0.481 e. The van der Waals surface area contributed by atoms with Crippen LogP contribution in [0.4, 0.5) is 5.69 Å². The fraction of sp³-hybridized carbons (Fsp3) is 0.294. The van der Waals surface area contributed by atoms with Crippen molar-refractivity contribution in [1.82, 2.24) is 4.98 Å². The lowest BCUT2D eigenvalue weighted by Crippen LogP contribution is -2.12. The minimum atomic E-state index is -0.0125. The van der Waals surface area contributed by atoms with Crippen LogP contribution in [-0.2, 0) is 17.6 Å². The first kappa shape index (κ1) is 15.0. The number of aromatic nitrogens is 1. The lowest BCUT2D eigenvalue weighted by atomic mass is 10.1. The Morgan fingerprint density at radius 1 is 1.14 bits per heavy atom. The zero-order chi connectivity index (χ0) is 15.1. The molecule has 2 rings (SSSR count). The standard InChI is InChI=1S/C17H20N2O2/c1-3-13-4-6-14(7-5-13)8-10-16(20)19-15-9-11-17(21-2)18-12-15/h4-7,9,11-12H,3,8,10H2,1-2H3,(H,19,20). The monoisotopic (exact) mass is 284 g/mol. The molecule has 0 aliphatic heterocycles. The van der Waals surface area contributed by atoms with Gasteiger partial charge in [0.25, 0.3) is 0 Å². The summed E-state index contributed by atoms with van der Waals surface area (Å²) in [5.74, 6) is 0.519. The summed E-state index contributed by atoms with van der Waals surface area (Å²) in [6.45, 7) is 2.13. The first-order valence-electron chi connectivity index (χ1n) is 7.09. The second kappa shape index (κ2) is 7.43. The molecule has 0 saturated carbocycles. The number of nitrogens with zero attached hydrogens (tertiary/aromatic N) is 1. The molecule has 0 atom stereocenters. The molecule has 0 spiro atoms. The number of benzene rings is 1. The van der Waals surface area contributed by atoms with Gasteiger partial charge in [0.2, 0.25) is 11.8 Å². The summed E-state index contributed by atoms with van der Waals surface area (Å²) in [7, 11) is 1.56. The second-order valence-electron chi connectivity index (χ2n) is 4.81. The van der Waals surface area contributed by atoms with Crippen molar-refractivity contribution < 1.29 is 9.53 Å². The topological polar surface area (TPSA) is 51.2 Å². The molecule has 4 heteroatoms. The lowest BCUT2D eigenvalue weighted by molar-refractivity contribution is -0.116. The van der Waals surface area contributed by atoms with Gasteiger partial charge in [-0.1, -0.05) is 31.2 Å². The Bertz CT molecular complexity index is 577. The number of aryl methyl sites for hydroxylation is 2. The molecule has 0 aliphatic rings. The van der Waals surface area contributed by atoms with Crippen molar-refractivity contribution in [2.75, 3.05) is 12.4 Å². The van der Waals surface area contributed by atoms with Gasteiger partial charge in [-0.15, -0.1) is 0 Å². The van der Waals surface area contributed by atoms with E-state index in [4.69, 9.17) is 4.74 Å². The summed E-state index contributed by atoms with van der Waals surface area (Å²) >= 11 is 0. The summed E-state index contributed by atoms with van der Waals surface area (Å²) in [5, 5.41) is 2.83. The zero-order valence-corrected chi connectivity index (χ0v) is 12.4. The molecule has 0 aliphatic carbocycles. The van der Waals surface area contributed by atoms with E-state index in [0.29, 0.717) is 18.0 Å². The molecule has 110 valence electrons. The summed E-state index contributed by atoms with van der Waals surface area (Å²) < 4.78 is 4.97. The van der Waals surface area contributed by atoms with E-state index in [1.54, 1.807) is 25.4 Å². The highest BCUT2D eigenvalue weighted by Crippen LogP contribution is 2.12. The van der Waals surface area contributed by atoms with Crippen molar-refractivity contribution >= 4 is 11.6 Å². The Morgan fingerprint density at radius 2 is 1.86 bits per heavy atom. The molecule has 0 unspecified atom stereocenters. The largest absolute Gasteiger partial charge is 0.481 e. The Morgan fingerprint density at radius 3 is 2.43 bits per heavy atom. The maximum absolute atomic E-state index is 11.9. The normalized spacial score (nSPS) is 10.2. The SMILES string of the molecule is CCc1ccc(CCC(=O)Nc2ccc(OC)nc2)cc1. The molecule has 1 N–H and O–H groups in total. The Labute approximate surface area is 125 Å². The molecule has 4 nitrogen and oxygen atoms in total. The molecule has 1 aromatic carbocycles. The van der Waals surface area contributed by atoms with Crippen molar-refractivity contribution in [1.29, 1.82) is 0 Å². The molecule has 0 saturated heterocycles. The number of methoxy groups -OCH3 is 1. The van der Waals surface area contributed by atoms with E-state index >= 15 is 0 Å². The van der Waals surface area contributed by atoms with E-state index in [2.05, 4.69) is 41.5 Å². The number of hydrogen-bond donors (Lipinski definition) is 1. The van der Waals surface area contributed by atoms with Crippen molar-refractivity contribution in [3.8, 4) is 5.88 Å². The maximum atomic E-state index is 11.9. The van der Waals surface area contributed by atoms with Crippen LogP contribution < -0.4 is 10.1 Å². The lowest BCUT2D eigenvalue weighted by Gasteiger charge is -2.06. The zero-order valence-electron chi connectivity index (χ0n) is 12.4. The van der Waals surface area contributed by atoms with Gasteiger partial charge in [0.05, 0.1) is 19.0 Å². The van der Waals surface area contributed by atoms with Gasteiger partial charge >= 0.3 is 0 Å². The van der Waals surface area contributed by atoms with Crippen LogP contribution >= 0.6 is 0 Å². The number of carbonyl (C=O) groups excluding carboxylic acids is 1. The number of ether oxygens (including phenoxy) is 1. The van der Waals surface area contributed by atoms with Gasteiger partial charge in [0.1, 0.15) is 0 Å². The third kappa shape index (κ3) is 4.60. The number of pyridine rings is 1. The van der Waals surface area contributed by atoms with E-state index in [-0.39, 0.29) is 5.91 Å². The quantitative estimate of drug-likeness (QED) is 0.886. The maximum Gasteiger partial charge on any atom is 0.224 e. The van der Waals surface area contributed by atoms with E-state index in [1.807, 2.05) is 0 Å². The van der Waals surface area contributed by atoms with Crippen LogP contribution in [0, 0.1) is 0 Å². The molecule has 1 heterocycles. The Kier molecular flexibility index (Phi) is 5.32. The van der Waals surface area contributed by atoms with Crippen molar-refractivity contribution in [2.24, 2.45) is 0 Å². The van der Waals surface area contributed by atoms with Crippen molar-refractivity contribution in [2.45, 2.75) is 26.2 Å². The fourth-order valence-electron chi connectivity index (χ4n) is 2.00. The van der Waals surface area contributed by atoms with Gasteiger partial charge < -0.3 is 10.1 Å². The summed E-state index contributed by atoms with van der Waals surface area (Å²) in [4.78, 5) is 15.9. The van der Waals surface area contributed by atoms with Crippen LogP contribution in [0.25, 0.3) is 0 Å². The fourth-order valence-corrected chi connectivity index (χ4v) is 2.00. The summed E-state index contributed by atoms with van der Waals surface area (Å²) in [6.07, 6.45) is 3.81. The van der Waals surface area contributed by atoms with Crippen LogP contribution in [0.5, 0.6) is 5.88 Å². The first-order valence-corrected chi connectivity index (χ1v) is 7.09. The van der Waals surface area contributed by atoms with E-state index in [9.17, 15) is 4.79 Å². The van der Waals surface area contributed by atoms with Crippen LogP contribution in [-0.4, -0.2) is 18.0 Å². The number of anilines is 1. The number of carbonyl (C=O) groups is 1. The van der Waals surface area contributed by atoms with Crippen LogP contribution in [0.1, 0.15) is 24.5 Å². The van der Waals surface area contributed by atoms with Crippen LogP contribution in [0.3, 0.4) is 0 Å².